The number of anilines is 1. The molecule has 4 nitrogen and oxygen atoms in total. The Morgan fingerprint density at radius 3 is 2.29 bits per heavy atom. The Labute approximate surface area is 147 Å². The summed E-state index contributed by atoms with van der Waals surface area (Å²) in [5, 5.41) is 0. The highest BCUT2D eigenvalue weighted by Crippen LogP contribution is 2.18. The average Bonchev–Trinajstić information content (AvgIpc) is 2.60. The van der Waals surface area contributed by atoms with Gasteiger partial charge in [-0.25, -0.2) is 0 Å². The maximum atomic E-state index is 12.5. The molecular formula is C20H33N3O. The van der Waals surface area contributed by atoms with E-state index in [1.165, 1.54) is 11.3 Å². The molecular weight excluding hydrogens is 298 g/mol. The SMILES string of the molecule is CCCN(CCC)CCC(=O)N1CCN(c2cccc(C)c2)CC1. The van der Waals surface area contributed by atoms with Gasteiger partial charge in [0.2, 0.25) is 5.91 Å². The molecule has 1 aliphatic heterocycles. The van der Waals surface area contributed by atoms with Gasteiger partial charge in [-0.2, -0.15) is 0 Å². The Morgan fingerprint density at radius 2 is 1.71 bits per heavy atom. The van der Waals surface area contributed by atoms with Gasteiger partial charge in [0.05, 0.1) is 0 Å². The van der Waals surface area contributed by atoms with Crippen LogP contribution in [0.2, 0.25) is 0 Å². The van der Waals surface area contributed by atoms with Gasteiger partial charge in [0.25, 0.3) is 0 Å². The number of hydrogen-bond acceptors (Lipinski definition) is 3. The zero-order chi connectivity index (χ0) is 17.4. The number of hydrogen-bond donors (Lipinski definition) is 0. The van der Waals surface area contributed by atoms with Crippen molar-refractivity contribution in [2.24, 2.45) is 0 Å². The standard InChI is InChI=1S/C20H33N3O/c1-4-10-21(11-5-2)12-9-20(24)23-15-13-22(14-16-23)19-8-6-7-18(3)17-19/h6-8,17H,4-5,9-16H2,1-3H3. The first kappa shape index (κ1) is 18.8. The summed E-state index contributed by atoms with van der Waals surface area (Å²) in [6.45, 7) is 13.2. The number of carbonyl (C=O) groups is 1. The third-order valence-electron chi connectivity index (χ3n) is 4.72. The van der Waals surface area contributed by atoms with Crippen LogP contribution in [0, 0.1) is 6.92 Å². The number of piperazine rings is 1. The van der Waals surface area contributed by atoms with E-state index in [-0.39, 0.29) is 0 Å². The second-order valence-electron chi connectivity index (χ2n) is 6.80. The highest BCUT2D eigenvalue weighted by Gasteiger charge is 2.21. The van der Waals surface area contributed by atoms with Crippen molar-refractivity contribution in [3.63, 3.8) is 0 Å². The maximum absolute atomic E-state index is 12.5. The number of benzene rings is 1. The van der Waals surface area contributed by atoms with Gasteiger partial charge >= 0.3 is 0 Å². The van der Waals surface area contributed by atoms with Crippen LogP contribution in [0.15, 0.2) is 24.3 Å². The Kier molecular flexibility index (Phi) is 7.57. The Balaban J connectivity index is 1.78. The number of carbonyl (C=O) groups excluding carboxylic acids is 1. The fourth-order valence-corrected chi connectivity index (χ4v) is 3.42. The van der Waals surface area contributed by atoms with Crippen molar-refractivity contribution in [2.75, 3.05) is 50.7 Å². The summed E-state index contributed by atoms with van der Waals surface area (Å²) in [4.78, 5) is 19.3. The molecule has 1 saturated heterocycles. The van der Waals surface area contributed by atoms with Gasteiger partial charge < -0.3 is 14.7 Å². The lowest BCUT2D eigenvalue weighted by Gasteiger charge is -2.36. The van der Waals surface area contributed by atoms with Crippen LogP contribution in [0.5, 0.6) is 0 Å². The summed E-state index contributed by atoms with van der Waals surface area (Å²) in [5.74, 6) is 0.316. The van der Waals surface area contributed by atoms with Crippen LogP contribution in [0.4, 0.5) is 5.69 Å². The minimum absolute atomic E-state index is 0.316. The number of nitrogens with zero attached hydrogens (tertiary/aromatic N) is 3. The third-order valence-corrected chi connectivity index (χ3v) is 4.72. The molecule has 0 atom stereocenters. The van der Waals surface area contributed by atoms with E-state index in [0.717, 1.165) is 58.7 Å². The number of rotatable bonds is 8. The van der Waals surface area contributed by atoms with Crippen LogP contribution in [-0.4, -0.2) is 61.5 Å². The van der Waals surface area contributed by atoms with Crippen LogP contribution in [0.25, 0.3) is 0 Å². The largest absolute Gasteiger partial charge is 0.368 e. The second kappa shape index (κ2) is 9.67. The molecule has 24 heavy (non-hydrogen) atoms. The smallest absolute Gasteiger partial charge is 0.223 e. The number of amides is 1. The normalized spacial score (nSPS) is 15.2. The predicted molar refractivity (Wildman–Crippen MR) is 102 cm³/mol. The molecule has 0 aromatic heterocycles. The van der Waals surface area contributed by atoms with Crippen LogP contribution < -0.4 is 4.90 Å². The first-order valence-electron chi connectivity index (χ1n) is 9.45. The van der Waals surface area contributed by atoms with Gasteiger partial charge in [-0.15, -0.1) is 0 Å². The number of aryl methyl sites for hydroxylation is 1. The molecule has 1 aromatic rings. The minimum atomic E-state index is 0.316. The minimum Gasteiger partial charge on any atom is -0.368 e. The van der Waals surface area contributed by atoms with Crippen molar-refractivity contribution in [3.8, 4) is 0 Å². The second-order valence-corrected chi connectivity index (χ2v) is 6.80. The Bertz CT molecular complexity index is 503. The molecule has 0 unspecified atom stereocenters. The topological polar surface area (TPSA) is 26.8 Å². The van der Waals surface area contributed by atoms with Crippen LogP contribution in [-0.2, 0) is 4.79 Å². The molecule has 1 amide bonds. The van der Waals surface area contributed by atoms with Gasteiger partial charge in [-0.1, -0.05) is 26.0 Å². The molecule has 0 saturated carbocycles. The van der Waals surface area contributed by atoms with Gasteiger partial charge in [-0.05, 0) is 50.6 Å². The van der Waals surface area contributed by atoms with E-state index < -0.39 is 0 Å². The maximum Gasteiger partial charge on any atom is 0.223 e. The van der Waals surface area contributed by atoms with E-state index in [0.29, 0.717) is 12.3 Å². The van der Waals surface area contributed by atoms with E-state index in [4.69, 9.17) is 0 Å². The van der Waals surface area contributed by atoms with Crippen molar-refractivity contribution >= 4 is 11.6 Å². The van der Waals surface area contributed by atoms with Gasteiger partial charge in [-0.3, -0.25) is 4.79 Å². The molecule has 2 rings (SSSR count). The van der Waals surface area contributed by atoms with Crippen molar-refractivity contribution in [3.05, 3.63) is 29.8 Å². The van der Waals surface area contributed by atoms with E-state index in [2.05, 4.69) is 54.8 Å². The molecule has 134 valence electrons. The quantitative estimate of drug-likeness (QED) is 0.732. The first-order valence-corrected chi connectivity index (χ1v) is 9.45. The fourth-order valence-electron chi connectivity index (χ4n) is 3.42. The molecule has 0 spiro atoms. The summed E-state index contributed by atoms with van der Waals surface area (Å²) < 4.78 is 0. The summed E-state index contributed by atoms with van der Waals surface area (Å²) in [5.41, 5.74) is 2.57. The van der Waals surface area contributed by atoms with Crippen molar-refractivity contribution < 1.29 is 4.79 Å². The average molecular weight is 332 g/mol. The molecule has 1 aromatic carbocycles. The molecule has 1 fully saturated rings. The zero-order valence-electron chi connectivity index (χ0n) is 15.6. The third kappa shape index (κ3) is 5.52. The first-order chi connectivity index (χ1) is 11.6. The highest BCUT2D eigenvalue weighted by molar-refractivity contribution is 5.76. The lowest BCUT2D eigenvalue weighted by Crippen LogP contribution is -2.49. The summed E-state index contributed by atoms with van der Waals surface area (Å²) in [7, 11) is 0. The molecule has 0 bridgehead atoms. The molecule has 0 N–H and O–H groups in total. The fraction of sp³-hybridized carbons (Fsp3) is 0.650. The summed E-state index contributed by atoms with van der Waals surface area (Å²) in [6.07, 6.45) is 2.97. The molecule has 0 radical (unpaired) electrons. The van der Waals surface area contributed by atoms with Gasteiger partial charge in [0.1, 0.15) is 0 Å². The molecule has 0 aliphatic carbocycles. The monoisotopic (exact) mass is 331 g/mol. The van der Waals surface area contributed by atoms with Crippen molar-refractivity contribution in [2.45, 2.75) is 40.0 Å². The summed E-state index contributed by atoms with van der Waals surface area (Å²) >= 11 is 0. The van der Waals surface area contributed by atoms with E-state index >= 15 is 0 Å². The van der Waals surface area contributed by atoms with E-state index in [1.807, 2.05) is 4.90 Å². The van der Waals surface area contributed by atoms with E-state index in [9.17, 15) is 4.79 Å². The van der Waals surface area contributed by atoms with Gasteiger partial charge in [0, 0.05) is 44.8 Å². The molecule has 4 heteroatoms. The van der Waals surface area contributed by atoms with Crippen molar-refractivity contribution in [1.29, 1.82) is 0 Å². The summed E-state index contributed by atoms with van der Waals surface area (Å²) in [6, 6.07) is 8.63. The van der Waals surface area contributed by atoms with Crippen LogP contribution >= 0.6 is 0 Å². The lowest BCUT2D eigenvalue weighted by atomic mass is 10.2. The highest BCUT2D eigenvalue weighted by atomic mass is 16.2. The van der Waals surface area contributed by atoms with E-state index in [1.54, 1.807) is 0 Å². The predicted octanol–water partition coefficient (Wildman–Crippen LogP) is 3.16. The Morgan fingerprint density at radius 1 is 1.04 bits per heavy atom. The van der Waals surface area contributed by atoms with Gasteiger partial charge in [0.15, 0.2) is 0 Å². The zero-order valence-corrected chi connectivity index (χ0v) is 15.6. The molecule has 1 heterocycles. The van der Waals surface area contributed by atoms with Crippen LogP contribution in [0.3, 0.4) is 0 Å². The van der Waals surface area contributed by atoms with Crippen molar-refractivity contribution in [1.82, 2.24) is 9.80 Å². The van der Waals surface area contributed by atoms with Crippen LogP contribution in [0.1, 0.15) is 38.7 Å². The lowest BCUT2D eigenvalue weighted by molar-refractivity contribution is -0.131. The molecule has 1 aliphatic rings. The Hall–Kier alpha value is -1.55.